The van der Waals surface area contributed by atoms with E-state index >= 15 is 0 Å². The van der Waals surface area contributed by atoms with Crippen LogP contribution in [0.15, 0.2) is 36.0 Å². The van der Waals surface area contributed by atoms with E-state index in [-0.39, 0.29) is 5.70 Å². The number of nitrogens with one attached hydrogen (secondary N) is 1. The summed E-state index contributed by atoms with van der Waals surface area (Å²) < 4.78 is 10.1. The molecule has 18 heavy (non-hydrogen) atoms. The SMILES string of the molecule is COC(=O)C=C(Nc1cccc(I)c1)C(=O)OC. The zero-order valence-corrected chi connectivity index (χ0v) is 12.1. The Bertz CT molecular complexity index is 485. The molecule has 1 aromatic carbocycles. The third-order valence-corrected chi connectivity index (χ3v) is 2.64. The van der Waals surface area contributed by atoms with Crippen molar-refractivity contribution in [3.05, 3.63) is 39.6 Å². The molecule has 1 rings (SSSR count). The molecule has 0 amide bonds. The van der Waals surface area contributed by atoms with Crippen LogP contribution in [0.3, 0.4) is 0 Å². The van der Waals surface area contributed by atoms with Crippen molar-refractivity contribution in [1.29, 1.82) is 0 Å². The molecule has 0 saturated carbocycles. The van der Waals surface area contributed by atoms with Crippen molar-refractivity contribution >= 4 is 40.2 Å². The number of hydrogen-bond acceptors (Lipinski definition) is 5. The number of esters is 2. The van der Waals surface area contributed by atoms with Crippen molar-refractivity contribution in [3.63, 3.8) is 0 Å². The summed E-state index contributed by atoms with van der Waals surface area (Å²) in [6.45, 7) is 0. The molecule has 0 radical (unpaired) electrons. The van der Waals surface area contributed by atoms with Crippen LogP contribution in [0.4, 0.5) is 5.69 Å². The van der Waals surface area contributed by atoms with E-state index in [0.717, 1.165) is 9.65 Å². The molecule has 0 bridgehead atoms. The fraction of sp³-hybridized carbons (Fsp3) is 0.167. The monoisotopic (exact) mass is 361 g/mol. The molecule has 0 aromatic heterocycles. The van der Waals surface area contributed by atoms with E-state index in [9.17, 15) is 9.59 Å². The van der Waals surface area contributed by atoms with Gasteiger partial charge in [-0.05, 0) is 40.8 Å². The van der Waals surface area contributed by atoms with Crippen molar-refractivity contribution in [2.75, 3.05) is 19.5 Å². The van der Waals surface area contributed by atoms with Gasteiger partial charge in [-0.3, -0.25) is 0 Å². The average molecular weight is 361 g/mol. The maximum absolute atomic E-state index is 11.5. The summed E-state index contributed by atoms with van der Waals surface area (Å²) in [5.41, 5.74) is 0.703. The Labute approximate surface area is 118 Å². The van der Waals surface area contributed by atoms with Gasteiger partial charge in [-0.15, -0.1) is 0 Å². The van der Waals surface area contributed by atoms with Crippen molar-refractivity contribution in [2.24, 2.45) is 0 Å². The maximum Gasteiger partial charge on any atom is 0.354 e. The average Bonchev–Trinajstić information content (AvgIpc) is 2.36. The van der Waals surface area contributed by atoms with Crippen molar-refractivity contribution in [2.45, 2.75) is 0 Å². The molecule has 96 valence electrons. The lowest BCUT2D eigenvalue weighted by atomic mass is 10.3. The summed E-state index contributed by atoms with van der Waals surface area (Å²) in [5, 5.41) is 2.82. The summed E-state index contributed by atoms with van der Waals surface area (Å²) in [6.07, 6.45) is 1.05. The van der Waals surface area contributed by atoms with E-state index < -0.39 is 11.9 Å². The second-order valence-electron chi connectivity index (χ2n) is 3.21. The van der Waals surface area contributed by atoms with Gasteiger partial charge in [0.15, 0.2) is 0 Å². The summed E-state index contributed by atoms with van der Waals surface area (Å²) in [4.78, 5) is 22.6. The van der Waals surface area contributed by atoms with E-state index in [0.29, 0.717) is 5.69 Å². The van der Waals surface area contributed by atoms with Crippen molar-refractivity contribution in [3.8, 4) is 0 Å². The van der Waals surface area contributed by atoms with E-state index in [2.05, 4.69) is 37.4 Å². The fourth-order valence-electron chi connectivity index (χ4n) is 1.15. The Balaban J connectivity index is 2.95. The zero-order valence-electron chi connectivity index (χ0n) is 9.90. The number of anilines is 1. The quantitative estimate of drug-likeness (QED) is 0.505. The zero-order chi connectivity index (χ0) is 13.5. The Hall–Kier alpha value is -1.57. The number of benzene rings is 1. The van der Waals surface area contributed by atoms with Crippen LogP contribution >= 0.6 is 22.6 Å². The first kappa shape index (κ1) is 14.5. The van der Waals surface area contributed by atoms with Gasteiger partial charge in [0.25, 0.3) is 0 Å². The normalized spacial score (nSPS) is 10.7. The van der Waals surface area contributed by atoms with Gasteiger partial charge in [0.05, 0.1) is 20.3 Å². The smallest absolute Gasteiger partial charge is 0.354 e. The number of methoxy groups -OCH3 is 2. The Morgan fingerprint density at radius 2 is 2.00 bits per heavy atom. The fourth-order valence-corrected chi connectivity index (χ4v) is 1.70. The topological polar surface area (TPSA) is 64.6 Å². The lowest BCUT2D eigenvalue weighted by Crippen LogP contribution is -2.15. The first-order valence-corrected chi connectivity index (χ1v) is 6.05. The minimum absolute atomic E-state index is 0.0198. The molecule has 6 heteroatoms. The second-order valence-corrected chi connectivity index (χ2v) is 4.45. The van der Waals surface area contributed by atoms with Crippen LogP contribution < -0.4 is 5.32 Å². The number of ether oxygens (including phenoxy) is 2. The number of halogens is 1. The van der Waals surface area contributed by atoms with Crippen LogP contribution in [0.5, 0.6) is 0 Å². The molecule has 0 atom stereocenters. The summed E-state index contributed by atoms with van der Waals surface area (Å²) in [5.74, 6) is -1.27. The van der Waals surface area contributed by atoms with E-state index in [1.165, 1.54) is 14.2 Å². The number of hydrogen-bond donors (Lipinski definition) is 1. The minimum atomic E-state index is -0.640. The van der Waals surface area contributed by atoms with Crippen LogP contribution in [0.25, 0.3) is 0 Å². The molecule has 0 unspecified atom stereocenters. The highest BCUT2D eigenvalue weighted by Crippen LogP contribution is 2.15. The molecule has 0 heterocycles. The largest absolute Gasteiger partial charge is 0.466 e. The van der Waals surface area contributed by atoms with Crippen molar-refractivity contribution < 1.29 is 19.1 Å². The van der Waals surface area contributed by atoms with Crippen molar-refractivity contribution in [1.82, 2.24) is 0 Å². The highest BCUT2D eigenvalue weighted by atomic mass is 127. The molecule has 0 saturated heterocycles. The van der Waals surface area contributed by atoms with E-state index in [1.54, 1.807) is 6.07 Å². The van der Waals surface area contributed by atoms with Gasteiger partial charge in [-0.25, -0.2) is 9.59 Å². The third kappa shape index (κ3) is 4.36. The molecular formula is C12H12INO4. The van der Waals surface area contributed by atoms with Gasteiger partial charge in [0.2, 0.25) is 0 Å². The molecule has 0 aliphatic carbocycles. The number of rotatable bonds is 4. The van der Waals surface area contributed by atoms with E-state index in [1.807, 2.05) is 18.2 Å². The summed E-state index contributed by atoms with van der Waals surface area (Å²) >= 11 is 2.14. The van der Waals surface area contributed by atoms with Gasteiger partial charge in [-0.2, -0.15) is 0 Å². The Morgan fingerprint density at radius 1 is 1.28 bits per heavy atom. The Morgan fingerprint density at radius 3 is 2.56 bits per heavy atom. The summed E-state index contributed by atoms with van der Waals surface area (Å²) in [7, 11) is 2.48. The molecule has 1 aromatic rings. The number of carbonyl (C=O) groups is 2. The third-order valence-electron chi connectivity index (χ3n) is 1.97. The minimum Gasteiger partial charge on any atom is -0.466 e. The highest BCUT2D eigenvalue weighted by Gasteiger charge is 2.12. The standard InChI is InChI=1S/C12H12INO4/c1-17-11(15)7-10(12(16)18-2)14-9-5-3-4-8(13)6-9/h3-7,14H,1-2H3. The van der Waals surface area contributed by atoms with Crippen LogP contribution in [-0.2, 0) is 19.1 Å². The van der Waals surface area contributed by atoms with Crippen LogP contribution in [0.1, 0.15) is 0 Å². The van der Waals surface area contributed by atoms with Gasteiger partial charge < -0.3 is 14.8 Å². The van der Waals surface area contributed by atoms with Gasteiger partial charge in [0.1, 0.15) is 5.70 Å². The van der Waals surface area contributed by atoms with Gasteiger partial charge in [0, 0.05) is 9.26 Å². The van der Waals surface area contributed by atoms with Gasteiger partial charge in [-0.1, -0.05) is 6.07 Å². The van der Waals surface area contributed by atoms with Gasteiger partial charge >= 0.3 is 11.9 Å². The first-order valence-electron chi connectivity index (χ1n) is 4.97. The molecule has 0 aliphatic rings. The lowest BCUT2D eigenvalue weighted by Gasteiger charge is -2.09. The molecule has 0 aliphatic heterocycles. The molecule has 1 N–H and O–H groups in total. The highest BCUT2D eigenvalue weighted by molar-refractivity contribution is 14.1. The lowest BCUT2D eigenvalue weighted by molar-refractivity contribution is -0.138. The van der Waals surface area contributed by atoms with E-state index in [4.69, 9.17) is 0 Å². The second kappa shape index (κ2) is 7.00. The maximum atomic E-state index is 11.5. The predicted octanol–water partition coefficient (Wildman–Crippen LogP) is 1.93. The Kier molecular flexibility index (Phi) is 5.63. The molecule has 0 spiro atoms. The molecule has 0 fully saturated rings. The van der Waals surface area contributed by atoms with Crippen LogP contribution in [0.2, 0.25) is 0 Å². The number of carbonyl (C=O) groups excluding carboxylic acids is 2. The molecular weight excluding hydrogens is 349 g/mol. The van der Waals surface area contributed by atoms with Crippen LogP contribution in [0, 0.1) is 3.57 Å². The molecule has 5 nitrogen and oxygen atoms in total. The van der Waals surface area contributed by atoms with Crippen LogP contribution in [-0.4, -0.2) is 26.2 Å². The predicted molar refractivity (Wildman–Crippen MR) is 74.9 cm³/mol. The first-order chi connectivity index (χ1) is 8.56. The summed E-state index contributed by atoms with van der Waals surface area (Å²) in [6, 6.07) is 7.34.